The van der Waals surface area contributed by atoms with E-state index >= 15 is 0 Å². The summed E-state index contributed by atoms with van der Waals surface area (Å²) in [5.74, 6) is 0.628. The predicted molar refractivity (Wildman–Crippen MR) is 55.2 cm³/mol. The Morgan fingerprint density at radius 1 is 1.53 bits per heavy atom. The van der Waals surface area contributed by atoms with Crippen molar-refractivity contribution in [2.45, 2.75) is 13.0 Å². The van der Waals surface area contributed by atoms with E-state index in [4.69, 9.17) is 4.74 Å². The van der Waals surface area contributed by atoms with Gasteiger partial charge in [-0.3, -0.25) is 0 Å². The van der Waals surface area contributed by atoms with Gasteiger partial charge in [-0.15, -0.1) is 0 Å². The Kier molecular flexibility index (Phi) is 2.77. The quantitative estimate of drug-likeness (QED) is 0.726. The molecule has 1 amide bonds. The van der Waals surface area contributed by atoms with Gasteiger partial charge in [-0.1, -0.05) is 0 Å². The monoisotopic (exact) mass is 228 g/mol. The van der Waals surface area contributed by atoms with Crippen molar-refractivity contribution < 1.29 is 14.3 Å². The number of nitrogens with zero attached hydrogens (tertiary/aromatic N) is 2. The van der Waals surface area contributed by atoms with E-state index in [0.717, 1.165) is 12.0 Å². The highest BCUT2D eigenvalue weighted by atomic mass is 32.1. The van der Waals surface area contributed by atoms with Crippen LogP contribution in [0, 0.1) is 0 Å². The van der Waals surface area contributed by atoms with Gasteiger partial charge in [0.05, 0.1) is 20.8 Å². The zero-order valence-corrected chi connectivity index (χ0v) is 9.47. The van der Waals surface area contributed by atoms with E-state index in [1.165, 1.54) is 23.5 Å². The average Bonchev–Trinajstić information content (AvgIpc) is 2.69. The second-order valence-corrected chi connectivity index (χ2v) is 4.09. The number of carbonyl (C=O) groups is 1. The van der Waals surface area contributed by atoms with Crippen molar-refractivity contribution in [3.8, 4) is 5.88 Å². The Labute approximate surface area is 91.8 Å². The van der Waals surface area contributed by atoms with Crippen LogP contribution in [0.25, 0.3) is 0 Å². The first-order chi connectivity index (χ1) is 7.26. The van der Waals surface area contributed by atoms with Crippen molar-refractivity contribution in [3.05, 3.63) is 10.4 Å². The van der Waals surface area contributed by atoms with Gasteiger partial charge >= 0.3 is 6.09 Å². The van der Waals surface area contributed by atoms with Gasteiger partial charge in [0, 0.05) is 23.4 Å². The number of aromatic nitrogens is 1. The molecule has 0 saturated heterocycles. The van der Waals surface area contributed by atoms with Crippen LogP contribution in [0.5, 0.6) is 5.88 Å². The summed E-state index contributed by atoms with van der Waals surface area (Å²) >= 11 is 1.44. The molecule has 0 unspecified atom stereocenters. The summed E-state index contributed by atoms with van der Waals surface area (Å²) in [5, 5.41) is 0. The number of amides is 1. The minimum atomic E-state index is -0.297. The molecule has 0 aliphatic carbocycles. The van der Waals surface area contributed by atoms with Gasteiger partial charge in [0.25, 0.3) is 0 Å². The lowest BCUT2D eigenvalue weighted by Gasteiger charge is -2.25. The van der Waals surface area contributed by atoms with Crippen LogP contribution in [0.3, 0.4) is 0 Å². The highest BCUT2D eigenvalue weighted by molar-refractivity contribution is 7.06. The van der Waals surface area contributed by atoms with Crippen LogP contribution >= 0.6 is 11.5 Å². The van der Waals surface area contributed by atoms with Crippen molar-refractivity contribution in [2.75, 3.05) is 20.8 Å². The van der Waals surface area contributed by atoms with Crippen LogP contribution in [0.2, 0.25) is 0 Å². The zero-order valence-electron chi connectivity index (χ0n) is 8.65. The van der Waals surface area contributed by atoms with Gasteiger partial charge in [0.2, 0.25) is 5.88 Å². The number of hydrogen-bond acceptors (Lipinski definition) is 5. The van der Waals surface area contributed by atoms with Gasteiger partial charge < -0.3 is 14.4 Å². The molecule has 82 valence electrons. The summed E-state index contributed by atoms with van der Waals surface area (Å²) in [6.07, 6.45) is 0.528. The average molecular weight is 228 g/mol. The molecule has 6 heteroatoms. The molecule has 2 rings (SSSR count). The molecule has 15 heavy (non-hydrogen) atoms. The number of methoxy groups -OCH3 is 2. The van der Waals surface area contributed by atoms with E-state index in [1.807, 2.05) is 0 Å². The summed E-state index contributed by atoms with van der Waals surface area (Å²) in [7, 11) is 2.98. The van der Waals surface area contributed by atoms with Gasteiger partial charge in [-0.2, -0.15) is 4.37 Å². The molecule has 0 atom stereocenters. The first kappa shape index (κ1) is 10.2. The van der Waals surface area contributed by atoms with Crippen LogP contribution in [0.15, 0.2) is 0 Å². The fraction of sp³-hybridized carbons (Fsp3) is 0.556. The zero-order chi connectivity index (χ0) is 10.8. The maximum atomic E-state index is 11.3. The van der Waals surface area contributed by atoms with Crippen LogP contribution in [-0.4, -0.2) is 36.1 Å². The number of rotatable bonds is 1. The molecule has 2 heterocycles. The molecule has 1 aliphatic heterocycles. The molecule has 0 radical (unpaired) electrons. The number of carbonyl (C=O) groups excluding carboxylic acids is 1. The summed E-state index contributed by atoms with van der Waals surface area (Å²) in [6.45, 7) is 1.21. The third-order valence-corrected chi connectivity index (χ3v) is 3.35. The van der Waals surface area contributed by atoms with E-state index in [1.54, 1.807) is 12.0 Å². The second kappa shape index (κ2) is 4.06. The fourth-order valence-corrected chi connectivity index (χ4v) is 2.45. The Morgan fingerprint density at radius 3 is 3.00 bits per heavy atom. The van der Waals surface area contributed by atoms with Crippen LogP contribution < -0.4 is 4.74 Å². The van der Waals surface area contributed by atoms with E-state index in [0.29, 0.717) is 19.0 Å². The van der Waals surface area contributed by atoms with E-state index < -0.39 is 0 Å². The maximum Gasteiger partial charge on any atom is 0.409 e. The first-order valence-corrected chi connectivity index (χ1v) is 5.38. The molecule has 0 N–H and O–H groups in total. The first-order valence-electron chi connectivity index (χ1n) is 4.60. The van der Waals surface area contributed by atoms with E-state index in [9.17, 15) is 4.79 Å². The standard InChI is InChI=1S/C9H12N2O3S/c1-13-8-6-5-11(9(12)14-2)4-3-7(6)15-10-8/h3-5H2,1-2H3. The van der Waals surface area contributed by atoms with Gasteiger partial charge in [0.1, 0.15) is 0 Å². The van der Waals surface area contributed by atoms with Crippen molar-refractivity contribution in [1.29, 1.82) is 0 Å². The molecule has 0 bridgehead atoms. The molecule has 5 nitrogen and oxygen atoms in total. The molecule has 0 aromatic carbocycles. The van der Waals surface area contributed by atoms with Crippen molar-refractivity contribution in [3.63, 3.8) is 0 Å². The second-order valence-electron chi connectivity index (χ2n) is 3.24. The molecule has 1 aliphatic rings. The van der Waals surface area contributed by atoms with Crippen molar-refractivity contribution in [2.24, 2.45) is 0 Å². The number of ether oxygens (including phenoxy) is 2. The van der Waals surface area contributed by atoms with Crippen molar-refractivity contribution in [1.82, 2.24) is 9.27 Å². The number of fused-ring (bicyclic) bond motifs is 1. The topological polar surface area (TPSA) is 51.7 Å². The van der Waals surface area contributed by atoms with E-state index in [2.05, 4.69) is 9.11 Å². The summed E-state index contributed by atoms with van der Waals surface area (Å²) in [4.78, 5) is 14.2. The largest absolute Gasteiger partial charge is 0.480 e. The summed E-state index contributed by atoms with van der Waals surface area (Å²) < 4.78 is 14.0. The van der Waals surface area contributed by atoms with E-state index in [-0.39, 0.29) is 6.09 Å². The minimum absolute atomic E-state index is 0.297. The smallest absolute Gasteiger partial charge is 0.409 e. The van der Waals surface area contributed by atoms with Gasteiger partial charge in [-0.05, 0) is 11.5 Å². The Balaban J connectivity index is 2.20. The lowest BCUT2D eigenvalue weighted by molar-refractivity contribution is 0.118. The Morgan fingerprint density at radius 2 is 2.33 bits per heavy atom. The molecule has 0 fully saturated rings. The highest BCUT2D eigenvalue weighted by Gasteiger charge is 2.26. The molecule has 1 aromatic rings. The third kappa shape index (κ3) is 1.77. The van der Waals surface area contributed by atoms with Gasteiger partial charge in [-0.25, -0.2) is 4.79 Å². The normalized spacial score (nSPS) is 14.7. The Hall–Kier alpha value is -1.30. The fourth-order valence-electron chi connectivity index (χ4n) is 1.63. The Bertz CT molecular complexity index is 364. The molecule has 0 saturated carbocycles. The highest BCUT2D eigenvalue weighted by Crippen LogP contribution is 2.30. The maximum absolute atomic E-state index is 11.3. The summed E-state index contributed by atoms with van der Waals surface area (Å²) in [5.41, 5.74) is 1.01. The lowest BCUT2D eigenvalue weighted by Crippen LogP contribution is -2.35. The van der Waals surface area contributed by atoms with Crippen LogP contribution in [0.1, 0.15) is 10.4 Å². The van der Waals surface area contributed by atoms with Gasteiger partial charge in [0.15, 0.2) is 0 Å². The third-order valence-electron chi connectivity index (χ3n) is 2.42. The number of hydrogen-bond donors (Lipinski definition) is 0. The molecule has 0 spiro atoms. The minimum Gasteiger partial charge on any atom is -0.480 e. The predicted octanol–water partition coefficient (Wildman–Crippen LogP) is 1.28. The van der Waals surface area contributed by atoms with Crippen LogP contribution in [-0.2, 0) is 17.7 Å². The molecular formula is C9H12N2O3S. The summed E-state index contributed by atoms with van der Waals surface area (Å²) in [6, 6.07) is 0. The SMILES string of the molecule is COC(=O)N1CCc2snc(OC)c2C1. The van der Waals surface area contributed by atoms with Crippen molar-refractivity contribution >= 4 is 17.6 Å². The van der Waals surface area contributed by atoms with Crippen LogP contribution in [0.4, 0.5) is 4.79 Å². The molecular weight excluding hydrogens is 216 g/mol. The lowest BCUT2D eigenvalue weighted by atomic mass is 10.1. The molecule has 1 aromatic heterocycles.